The summed E-state index contributed by atoms with van der Waals surface area (Å²) < 4.78 is 0. The maximum absolute atomic E-state index is 10.3. The van der Waals surface area contributed by atoms with Gasteiger partial charge in [0, 0.05) is 12.5 Å². The molecule has 0 saturated carbocycles. The van der Waals surface area contributed by atoms with Crippen LogP contribution in [0, 0.1) is 0 Å². The summed E-state index contributed by atoms with van der Waals surface area (Å²) in [5.74, 6) is -1.70. The lowest BCUT2D eigenvalue weighted by molar-refractivity contribution is -0.146. The third-order valence-corrected chi connectivity index (χ3v) is 1.77. The van der Waals surface area contributed by atoms with Gasteiger partial charge in [-0.3, -0.25) is 0 Å². The Morgan fingerprint density at radius 2 is 2.00 bits per heavy atom. The lowest BCUT2D eigenvalue weighted by atomic mass is 10.1. The zero-order chi connectivity index (χ0) is 10.7. The average molecular weight is 198 g/mol. The first-order valence-electron chi connectivity index (χ1n) is 3.92. The number of carbonyl (C=O) groups is 1. The first-order valence-corrected chi connectivity index (χ1v) is 3.92. The lowest BCUT2D eigenvalue weighted by Crippen LogP contribution is -2.21. The Balaban J connectivity index is 2.82. The molecule has 0 aliphatic carbocycles. The monoisotopic (exact) mass is 198 g/mol. The summed E-state index contributed by atoms with van der Waals surface area (Å²) in [6.45, 7) is 0. The second kappa shape index (κ2) is 3.97. The summed E-state index contributed by atoms with van der Waals surface area (Å²) in [6, 6.07) is 3.75. The number of aliphatic hydroxyl groups is 1. The number of hydrogen-bond donors (Lipinski definition) is 4. The summed E-state index contributed by atoms with van der Waals surface area (Å²) in [5, 5.41) is 35.6. The Morgan fingerprint density at radius 3 is 2.50 bits per heavy atom. The molecule has 1 aromatic rings. The van der Waals surface area contributed by atoms with Crippen molar-refractivity contribution in [3.8, 4) is 11.5 Å². The molecular weight excluding hydrogens is 188 g/mol. The fourth-order valence-corrected chi connectivity index (χ4v) is 1.02. The largest absolute Gasteiger partial charge is 0.508 e. The van der Waals surface area contributed by atoms with Gasteiger partial charge in [-0.05, 0) is 11.6 Å². The van der Waals surface area contributed by atoms with E-state index in [9.17, 15) is 9.90 Å². The third kappa shape index (κ3) is 2.37. The number of phenolic OH excluding ortho intramolecular Hbond substituents is 2. The Bertz CT molecular complexity index is 347. The molecule has 0 aliphatic heterocycles. The highest BCUT2D eigenvalue weighted by molar-refractivity contribution is 5.72. The van der Waals surface area contributed by atoms with Crippen LogP contribution in [0.4, 0.5) is 0 Å². The normalized spacial score (nSPS) is 12.4. The van der Waals surface area contributed by atoms with Gasteiger partial charge in [-0.15, -0.1) is 0 Å². The van der Waals surface area contributed by atoms with E-state index >= 15 is 0 Å². The second-order valence-corrected chi connectivity index (χ2v) is 2.87. The summed E-state index contributed by atoms with van der Waals surface area (Å²) in [5.41, 5.74) is 0.276. The van der Waals surface area contributed by atoms with Crippen LogP contribution in [-0.4, -0.2) is 32.5 Å². The SMILES string of the molecule is O=C(O)C(O)Cc1ccc(O)cc1O. The van der Waals surface area contributed by atoms with E-state index in [0.717, 1.165) is 6.07 Å². The predicted octanol–water partition coefficient (Wildman–Crippen LogP) is 0.0858. The van der Waals surface area contributed by atoms with Crippen molar-refractivity contribution in [1.82, 2.24) is 0 Å². The fraction of sp³-hybridized carbons (Fsp3) is 0.222. The summed E-state index contributed by atoms with van der Waals surface area (Å²) >= 11 is 0. The molecule has 14 heavy (non-hydrogen) atoms. The van der Waals surface area contributed by atoms with Crippen molar-refractivity contribution < 1.29 is 25.2 Å². The topological polar surface area (TPSA) is 98.0 Å². The van der Waals surface area contributed by atoms with Crippen molar-refractivity contribution in [2.45, 2.75) is 12.5 Å². The number of benzene rings is 1. The number of carboxylic acid groups (broad SMARTS) is 1. The van der Waals surface area contributed by atoms with Crippen LogP contribution >= 0.6 is 0 Å². The first-order chi connectivity index (χ1) is 6.50. The second-order valence-electron chi connectivity index (χ2n) is 2.87. The molecule has 5 nitrogen and oxygen atoms in total. The molecular formula is C9H10O5. The molecule has 0 heterocycles. The quantitative estimate of drug-likeness (QED) is 0.551. The number of aliphatic carboxylic acids is 1. The standard InChI is InChI=1S/C9H10O5/c10-6-2-1-5(7(11)4-6)3-8(12)9(13)14/h1-2,4,8,10-12H,3H2,(H,13,14). The van der Waals surface area contributed by atoms with Crippen LogP contribution in [0.1, 0.15) is 5.56 Å². The number of aliphatic hydroxyl groups excluding tert-OH is 1. The highest BCUT2D eigenvalue weighted by atomic mass is 16.4. The van der Waals surface area contributed by atoms with Crippen molar-refractivity contribution in [3.63, 3.8) is 0 Å². The van der Waals surface area contributed by atoms with Crippen LogP contribution in [0.15, 0.2) is 18.2 Å². The van der Waals surface area contributed by atoms with Crippen molar-refractivity contribution in [1.29, 1.82) is 0 Å². The molecule has 0 amide bonds. The molecule has 1 atom stereocenters. The predicted molar refractivity (Wildman–Crippen MR) is 47.1 cm³/mol. The molecule has 1 rings (SSSR count). The molecule has 1 unspecified atom stereocenters. The van der Waals surface area contributed by atoms with Crippen LogP contribution < -0.4 is 0 Å². The number of aromatic hydroxyl groups is 2. The number of phenols is 2. The molecule has 1 aromatic carbocycles. The molecule has 0 aliphatic rings. The number of carboxylic acids is 1. The summed E-state index contributed by atoms with van der Waals surface area (Å²) in [7, 11) is 0. The molecule has 0 saturated heterocycles. The molecule has 0 fully saturated rings. The van der Waals surface area contributed by atoms with Crippen molar-refractivity contribution in [3.05, 3.63) is 23.8 Å². The van der Waals surface area contributed by atoms with Crippen LogP contribution in [0.3, 0.4) is 0 Å². The van der Waals surface area contributed by atoms with E-state index in [-0.39, 0.29) is 23.5 Å². The molecule has 0 radical (unpaired) electrons. The van der Waals surface area contributed by atoms with Crippen LogP contribution in [0.25, 0.3) is 0 Å². The van der Waals surface area contributed by atoms with Gasteiger partial charge < -0.3 is 20.4 Å². The average Bonchev–Trinajstić information content (AvgIpc) is 2.09. The summed E-state index contributed by atoms with van der Waals surface area (Å²) in [4.78, 5) is 10.3. The molecule has 76 valence electrons. The van der Waals surface area contributed by atoms with Crippen molar-refractivity contribution in [2.75, 3.05) is 0 Å². The molecule has 5 heteroatoms. The Hall–Kier alpha value is -1.75. The van der Waals surface area contributed by atoms with Crippen LogP contribution in [-0.2, 0) is 11.2 Å². The zero-order valence-corrected chi connectivity index (χ0v) is 7.21. The molecule has 0 aromatic heterocycles. The van der Waals surface area contributed by atoms with Gasteiger partial charge in [-0.1, -0.05) is 6.07 Å². The van der Waals surface area contributed by atoms with Crippen molar-refractivity contribution >= 4 is 5.97 Å². The van der Waals surface area contributed by atoms with Crippen LogP contribution in [0.2, 0.25) is 0 Å². The molecule has 4 N–H and O–H groups in total. The Kier molecular flexibility index (Phi) is 2.93. The van der Waals surface area contributed by atoms with Crippen molar-refractivity contribution in [2.24, 2.45) is 0 Å². The van der Waals surface area contributed by atoms with Gasteiger partial charge in [0.05, 0.1) is 0 Å². The lowest BCUT2D eigenvalue weighted by Gasteiger charge is -2.07. The number of rotatable bonds is 3. The van der Waals surface area contributed by atoms with Gasteiger partial charge in [-0.25, -0.2) is 4.79 Å². The highest BCUT2D eigenvalue weighted by Crippen LogP contribution is 2.23. The van der Waals surface area contributed by atoms with E-state index in [1.165, 1.54) is 12.1 Å². The van der Waals surface area contributed by atoms with Gasteiger partial charge in [0.2, 0.25) is 0 Å². The maximum atomic E-state index is 10.3. The Morgan fingerprint density at radius 1 is 1.36 bits per heavy atom. The smallest absolute Gasteiger partial charge is 0.332 e. The minimum absolute atomic E-state index is 0.115. The minimum atomic E-state index is -1.55. The third-order valence-electron chi connectivity index (χ3n) is 1.77. The van der Waals surface area contributed by atoms with E-state index in [1.54, 1.807) is 0 Å². The van der Waals surface area contributed by atoms with Gasteiger partial charge in [-0.2, -0.15) is 0 Å². The maximum Gasteiger partial charge on any atom is 0.332 e. The Labute approximate surface area is 79.9 Å². The van der Waals surface area contributed by atoms with Gasteiger partial charge in [0.15, 0.2) is 6.10 Å². The molecule has 0 bridgehead atoms. The van der Waals surface area contributed by atoms with Gasteiger partial charge in [0.1, 0.15) is 11.5 Å². The minimum Gasteiger partial charge on any atom is -0.508 e. The van der Waals surface area contributed by atoms with E-state index in [0.29, 0.717) is 0 Å². The van der Waals surface area contributed by atoms with Crippen LogP contribution in [0.5, 0.6) is 11.5 Å². The molecule has 0 spiro atoms. The fourth-order valence-electron chi connectivity index (χ4n) is 1.02. The summed E-state index contributed by atoms with van der Waals surface area (Å²) in [6.07, 6.45) is -1.74. The van der Waals surface area contributed by atoms with Gasteiger partial charge >= 0.3 is 5.97 Å². The van der Waals surface area contributed by atoms with E-state index in [2.05, 4.69) is 0 Å². The van der Waals surface area contributed by atoms with E-state index < -0.39 is 12.1 Å². The number of hydrogen-bond acceptors (Lipinski definition) is 4. The first kappa shape index (κ1) is 10.3. The van der Waals surface area contributed by atoms with E-state index in [1.807, 2.05) is 0 Å². The zero-order valence-electron chi connectivity index (χ0n) is 7.21. The van der Waals surface area contributed by atoms with E-state index in [4.69, 9.17) is 15.3 Å². The highest BCUT2D eigenvalue weighted by Gasteiger charge is 2.15. The van der Waals surface area contributed by atoms with Gasteiger partial charge in [0.25, 0.3) is 0 Å².